The van der Waals surface area contributed by atoms with Crippen molar-refractivity contribution in [1.29, 1.82) is 0 Å². The van der Waals surface area contributed by atoms with Gasteiger partial charge in [-0.05, 0) is 50.1 Å². The van der Waals surface area contributed by atoms with E-state index in [-0.39, 0.29) is 6.42 Å². The molecule has 0 fully saturated rings. The van der Waals surface area contributed by atoms with E-state index in [1.54, 1.807) is 20.8 Å². The van der Waals surface area contributed by atoms with Crippen LogP contribution >= 0.6 is 15.9 Å². The number of carbonyl (C=O) groups excluding carboxylic acids is 1. The topological polar surface area (TPSA) is 80.6 Å². The zero-order valence-electron chi connectivity index (χ0n) is 17.2. The van der Waals surface area contributed by atoms with Gasteiger partial charge in [0.25, 0.3) is 0 Å². The molecule has 6 nitrogen and oxygen atoms in total. The number of hydrogen-bond acceptors (Lipinski definition) is 3. The monoisotopic (exact) mass is 472 g/mol. The molecule has 0 saturated carbocycles. The van der Waals surface area contributed by atoms with E-state index in [2.05, 4.69) is 25.8 Å². The number of carbonyl (C=O) groups is 2. The molecular formula is C23H25BrN2O4. The number of rotatable bonds is 6. The predicted molar refractivity (Wildman–Crippen MR) is 120 cm³/mol. The second-order valence-electron chi connectivity index (χ2n) is 8.17. The zero-order valence-corrected chi connectivity index (χ0v) is 18.8. The smallest absolute Gasteiger partial charge is 0.408 e. The van der Waals surface area contributed by atoms with Crippen LogP contribution < -0.4 is 5.32 Å². The van der Waals surface area contributed by atoms with Gasteiger partial charge in [-0.15, -0.1) is 0 Å². The highest BCUT2D eigenvalue weighted by Gasteiger charge is 2.25. The fourth-order valence-electron chi connectivity index (χ4n) is 3.27. The van der Waals surface area contributed by atoms with E-state index in [1.807, 2.05) is 54.7 Å². The van der Waals surface area contributed by atoms with Crippen LogP contribution in [0.15, 0.2) is 59.2 Å². The minimum absolute atomic E-state index is 0.155. The average molecular weight is 473 g/mol. The zero-order chi connectivity index (χ0) is 21.9. The Morgan fingerprint density at radius 3 is 2.43 bits per heavy atom. The molecule has 0 radical (unpaired) electrons. The number of fused-ring (bicyclic) bond motifs is 1. The van der Waals surface area contributed by atoms with Crippen molar-refractivity contribution < 1.29 is 19.4 Å². The maximum atomic E-state index is 12.1. The Morgan fingerprint density at radius 1 is 1.13 bits per heavy atom. The van der Waals surface area contributed by atoms with E-state index in [0.29, 0.717) is 6.54 Å². The van der Waals surface area contributed by atoms with E-state index in [4.69, 9.17) is 4.74 Å². The highest BCUT2D eigenvalue weighted by molar-refractivity contribution is 9.10. The van der Waals surface area contributed by atoms with E-state index in [9.17, 15) is 14.7 Å². The summed E-state index contributed by atoms with van der Waals surface area (Å²) in [7, 11) is 0. The number of hydrogen-bond donors (Lipinski definition) is 2. The number of nitrogens with zero attached hydrogens (tertiary/aromatic N) is 1. The summed E-state index contributed by atoms with van der Waals surface area (Å²) < 4.78 is 8.33. The second kappa shape index (κ2) is 8.92. The lowest BCUT2D eigenvalue weighted by Crippen LogP contribution is -2.44. The van der Waals surface area contributed by atoms with Gasteiger partial charge in [0, 0.05) is 34.5 Å². The standard InChI is InChI=1S/C23H25BrN2O4/c1-23(2,3)30-22(29)25-19(21(27)28)12-16-14-26(20-7-5-4-6-18(16)20)13-15-8-10-17(24)11-9-15/h4-11,14,19H,12-13H2,1-3H3,(H,25,29)(H,27,28). The Morgan fingerprint density at radius 2 is 1.80 bits per heavy atom. The Bertz CT molecular complexity index is 1050. The molecule has 3 aromatic rings. The van der Waals surface area contributed by atoms with Crippen LogP contribution in [0.5, 0.6) is 0 Å². The molecule has 0 saturated heterocycles. The summed E-state index contributed by atoms with van der Waals surface area (Å²) in [5.41, 5.74) is 2.29. The predicted octanol–water partition coefficient (Wildman–Crippen LogP) is 4.97. The van der Waals surface area contributed by atoms with Crippen LogP contribution in [0.25, 0.3) is 10.9 Å². The minimum Gasteiger partial charge on any atom is -0.480 e. The normalized spacial score (nSPS) is 12.5. The van der Waals surface area contributed by atoms with Crippen LogP contribution in [0.4, 0.5) is 4.79 Å². The van der Waals surface area contributed by atoms with Crippen molar-refractivity contribution in [1.82, 2.24) is 9.88 Å². The number of halogens is 1. The first-order valence-corrected chi connectivity index (χ1v) is 10.5. The number of nitrogens with one attached hydrogen (secondary N) is 1. The van der Waals surface area contributed by atoms with Gasteiger partial charge < -0.3 is 19.7 Å². The summed E-state index contributed by atoms with van der Waals surface area (Å²) in [6, 6.07) is 14.8. The fraction of sp³-hybridized carbons (Fsp3) is 0.304. The van der Waals surface area contributed by atoms with Crippen LogP contribution in [-0.4, -0.2) is 33.4 Å². The van der Waals surface area contributed by atoms with E-state index >= 15 is 0 Å². The van der Waals surface area contributed by atoms with Crippen molar-refractivity contribution in [2.24, 2.45) is 0 Å². The Kier molecular flexibility index (Phi) is 6.51. The molecule has 1 aromatic heterocycles. The molecule has 1 amide bonds. The lowest BCUT2D eigenvalue weighted by Gasteiger charge is -2.22. The van der Waals surface area contributed by atoms with Gasteiger partial charge in [0.2, 0.25) is 0 Å². The summed E-state index contributed by atoms with van der Waals surface area (Å²) in [5.74, 6) is -1.11. The lowest BCUT2D eigenvalue weighted by molar-refractivity contribution is -0.139. The van der Waals surface area contributed by atoms with Crippen LogP contribution in [0, 0.1) is 0 Å². The maximum absolute atomic E-state index is 12.1. The number of aliphatic carboxylic acids is 1. The van der Waals surface area contributed by atoms with Gasteiger partial charge in [-0.2, -0.15) is 0 Å². The number of carboxylic acid groups (broad SMARTS) is 1. The molecule has 1 unspecified atom stereocenters. The lowest BCUT2D eigenvalue weighted by atomic mass is 10.1. The molecule has 158 valence electrons. The van der Waals surface area contributed by atoms with Gasteiger partial charge in [-0.25, -0.2) is 9.59 Å². The molecule has 1 atom stereocenters. The first kappa shape index (κ1) is 21.9. The quantitative estimate of drug-likeness (QED) is 0.530. The maximum Gasteiger partial charge on any atom is 0.408 e. The molecule has 0 bridgehead atoms. The molecule has 30 heavy (non-hydrogen) atoms. The second-order valence-corrected chi connectivity index (χ2v) is 9.08. The van der Waals surface area contributed by atoms with E-state index < -0.39 is 23.7 Å². The number of para-hydroxylation sites is 1. The van der Waals surface area contributed by atoms with Gasteiger partial charge in [0.1, 0.15) is 11.6 Å². The number of aromatic nitrogens is 1. The van der Waals surface area contributed by atoms with Crippen molar-refractivity contribution in [3.63, 3.8) is 0 Å². The van der Waals surface area contributed by atoms with Gasteiger partial charge in [0.15, 0.2) is 0 Å². The molecule has 1 heterocycles. The van der Waals surface area contributed by atoms with Crippen LogP contribution in [-0.2, 0) is 22.5 Å². The van der Waals surface area contributed by atoms with Gasteiger partial charge in [-0.3, -0.25) is 0 Å². The number of alkyl carbamates (subject to hydrolysis) is 1. The average Bonchev–Trinajstić information content (AvgIpc) is 2.99. The van der Waals surface area contributed by atoms with Crippen LogP contribution in [0.3, 0.4) is 0 Å². The van der Waals surface area contributed by atoms with Crippen LogP contribution in [0.1, 0.15) is 31.9 Å². The SMILES string of the molecule is CC(C)(C)OC(=O)NC(Cc1cn(Cc2ccc(Br)cc2)c2ccccc12)C(=O)O. The Balaban J connectivity index is 1.86. The molecule has 0 aliphatic rings. The van der Waals surface area contributed by atoms with Crippen molar-refractivity contribution in [3.8, 4) is 0 Å². The van der Waals surface area contributed by atoms with Gasteiger partial charge in [0.05, 0.1) is 0 Å². The summed E-state index contributed by atoms with van der Waals surface area (Å²) >= 11 is 3.45. The molecular weight excluding hydrogens is 448 g/mol. The number of carboxylic acids is 1. The highest BCUT2D eigenvalue weighted by Crippen LogP contribution is 2.24. The first-order chi connectivity index (χ1) is 14.1. The van der Waals surface area contributed by atoms with E-state index in [1.165, 1.54) is 0 Å². The molecule has 0 aliphatic carbocycles. The van der Waals surface area contributed by atoms with Gasteiger partial charge >= 0.3 is 12.1 Å². The Labute approximate surface area is 184 Å². The summed E-state index contributed by atoms with van der Waals surface area (Å²) in [5, 5.41) is 13.1. The third kappa shape index (κ3) is 5.63. The molecule has 3 rings (SSSR count). The first-order valence-electron chi connectivity index (χ1n) is 9.66. The summed E-state index contributed by atoms with van der Waals surface area (Å²) in [6.45, 7) is 5.86. The minimum atomic E-state index is -1.11. The molecule has 7 heteroatoms. The number of ether oxygens (including phenoxy) is 1. The fourth-order valence-corrected chi connectivity index (χ4v) is 3.54. The van der Waals surface area contributed by atoms with Crippen molar-refractivity contribution in [3.05, 3.63) is 70.3 Å². The third-order valence-electron chi connectivity index (χ3n) is 4.55. The summed E-state index contributed by atoms with van der Waals surface area (Å²) in [4.78, 5) is 23.9. The molecule has 2 aromatic carbocycles. The molecule has 0 spiro atoms. The van der Waals surface area contributed by atoms with Gasteiger partial charge in [-0.1, -0.05) is 46.3 Å². The van der Waals surface area contributed by atoms with Crippen molar-refractivity contribution in [2.75, 3.05) is 0 Å². The molecule has 0 aliphatic heterocycles. The highest BCUT2D eigenvalue weighted by atomic mass is 79.9. The van der Waals surface area contributed by atoms with E-state index in [0.717, 1.165) is 26.5 Å². The van der Waals surface area contributed by atoms with Crippen molar-refractivity contribution >= 4 is 38.9 Å². The largest absolute Gasteiger partial charge is 0.480 e. The Hall–Kier alpha value is -2.80. The van der Waals surface area contributed by atoms with Crippen LogP contribution in [0.2, 0.25) is 0 Å². The number of amides is 1. The summed E-state index contributed by atoms with van der Waals surface area (Å²) in [6.07, 6.45) is 1.37. The number of benzene rings is 2. The third-order valence-corrected chi connectivity index (χ3v) is 5.08. The molecule has 2 N–H and O–H groups in total. The van der Waals surface area contributed by atoms with Crippen molar-refractivity contribution in [2.45, 2.75) is 45.4 Å².